The van der Waals surface area contributed by atoms with Crippen molar-refractivity contribution in [2.24, 2.45) is 0 Å². The zero-order valence-electron chi connectivity index (χ0n) is 16.3. The van der Waals surface area contributed by atoms with Crippen molar-refractivity contribution in [1.82, 2.24) is 9.97 Å². The van der Waals surface area contributed by atoms with Crippen LogP contribution >= 0.6 is 0 Å². The summed E-state index contributed by atoms with van der Waals surface area (Å²) in [5.41, 5.74) is 2.06. The Morgan fingerprint density at radius 1 is 0.929 bits per heavy atom. The highest BCUT2D eigenvalue weighted by atomic mass is 16.5. The minimum Gasteiger partial charge on any atom is -0.493 e. The molecule has 5 nitrogen and oxygen atoms in total. The van der Waals surface area contributed by atoms with E-state index < -0.39 is 0 Å². The SMILES string of the molecule is C=CCc1ccc(OCCCCCOc2ncnc3ccccc23)c(OC)c1. The number of rotatable bonds is 11. The van der Waals surface area contributed by atoms with Gasteiger partial charge in [-0.25, -0.2) is 9.97 Å². The standard InChI is InChI=1S/C23H26N2O3/c1-3-9-18-12-13-21(22(16-18)26-2)27-14-7-4-8-15-28-23-19-10-5-6-11-20(19)24-17-25-23/h3,5-6,10-13,16-17H,1,4,7-9,14-15H2,2H3. The predicted octanol–water partition coefficient (Wildman–Crippen LogP) is 5.00. The molecular weight excluding hydrogens is 352 g/mol. The second kappa shape index (κ2) is 10.3. The molecule has 0 unspecified atom stereocenters. The number of benzene rings is 2. The molecule has 0 saturated heterocycles. The van der Waals surface area contributed by atoms with Crippen LogP contribution in [0.1, 0.15) is 24.8 Å². The van der Waals surface area contributed by atoms with Gasteiger partial charge >= 0.3 is 0 Å². The molecular formula is C23H26N2O3. The number of fused-ring (bicyclic) bond motifs is 1. The minimum absolute atomic E-state index is 0.626. The Hall–Kier alpha value is -3.08. The Morgan fingerprint density at radius 2 is 1.75 bits per heavy atom. The molecule has 2 aromatic carbocycles. The summed E-state index contributed by atoms with van der Waals surface area (Å²) < 4.78 is 17.1. The lowest BCUT2D eigenvalue weighted by molar-refractivity contribution is 0.267. The van der Waals surface area contributed by atoms with Crippen molar-refractivity contribution in [2.45, 2.75) is 25.7 Å². The quantitative estimate of drug-likeness (QED) is 0.347. The van der Waals surface area contributed by atoms with Crippen LogP contribution in [0.3, 0.4) is 0 Å². The molecule has 0 saturated carbocycles. The topological polar surface area (TPSA) is 53.5 Å². The van der Waals surface area contributed by atoms with Gasteiger partial charge in [-0.15, -0.1) is 6.58 Å². The molecule has 5 heteroatoms. The highest BCUT2D eigenvalue weighted by Crippen LogP contribution is 2.28. The highest BCUT2D eigenvalue weighted by Gasteiger charge is 2.06. The molecule has 0 amide bonds. The fourth-order valence-electron chi connectivity index (χ4n) is 2.95. The average molecular weight is 378 g/mol. The number of hydrogen-bond donors (Lipinski definition) is 0. The van der Waals surface area contributed by atoms with Crippen molar-refractivity contribution >= 4 is 10.9 Å². The van der Waals surface area contributed by atoms with E-state index >= 15 is 0 Å². The Kier molecular flexibility index (Phi) is 7.24. The molecule has 146 valence electrons. The van der Waals surface area contributed by atoms with E-state index in [0.717, 1.165) is 53.6 Å². The summed E-state index contributed by atoms with van der Waals surface area (Å²) in [4.78, 5) is 8.49. The first kappa shape index (κ1) is 19.7. The molecule has 0 bridgehead atoms. The van der Waals surface area contributed by atoms with E-state index in [-0.39, 0.29) is 0 Å². The number of aromatic nitrogens is 2. The number of para-hydroxylation sites is 1. The first-order valence-electron chi connectivity index (χ1n) is 9.55. The van der Waals surface area contributed by atoms with Crippen LogP contribution in [0.4, 0.5) is 0 Å². The van der Waals surface area contributed by atoms with Gasteiger partial charge in [-0.3, -0.25) is 0 Å². The molecule has 28 heavy (non-hydrogen) atoms. The third kappa shape index (κ3) is 5.22. The van der Waals surface area contributed by atoms with E-state index in [4.69, 9.17) is 14.2 Å². The second-order valence-electron chi connectivity index (χ2n) is 6.43. The third-order valence-electron chi connectivity index (χ3n) is 4.40. The largest absolute Gasteiger partial charge is 0.493 e. The maximum atomic E-state index is 5.87. The van der Waals surface area contributed by atoms with Crippen LogP contribution in [0.25, 0.3) is 10.9 Å². The van der Waals surface area contributed by atoms with Crippen LogP contribution in [-0.2, 0) is 6.42 Å². The van der Waals surface area contributed by atoms with Gasteiger partial charge in [-0.1, -0.05) is 24.3 Å². The maximum Gasteiger partial charge on any atom is 0.224 e. The molecule has 0 radical (unpaired) electrons. The molecule has 0 fully saturated rings. The van der Waals surface area contributed by atoms with Gasteiger partial charge in [0.05, 0.1) is 31.2 Å². The zero-order valence-corrected chi connectivity index (χ0v) is 16.3. The molecule has 1 heterocycles. The summed E-state index contributed by atoms with van der Waals surface area (Å²) in [6.07, 6.45) is 7.14. The highest BCUT2D eigenvalue weighted by molar-refractivity contribution is 5.82. The van der Waals surface area contributed by atoms with Crippen molar-refractivity contribution in [2.75, 3.05) is 20.3 Å². The fourth-order valence-corrected chi connectivity index (χ4v) is 2.95. The summed E-state index contributed by atoms with van der Waals surface area (Å²) in [5.74, 6) is 2.18. The van der Waals surface area contributed by atoms with E-state index in [0.29, 0.717) is 19.1 Å². The summed E-state index contributed by atoms with van der Waals surface area (Å²) in [5, 5.41) is 0.945. The normalized spacial score (nSPS) is 10.6. The van der Waals surface area contributed by atoms with E-state index in [1.807, 2.05) is 48.5 Å². The van der Waals surface area contributed by atoms with Crippen LogP contribution < -0.4 is 14.2 Å². The average Bonchev–Trinajstić information content (AvgIpc) is 2.74. The Balaban J connectivity index is 1.39. The van der Waals surface area contributed by atoms with Crippen molar-refractivity contribution in [1.29, 1.82) is 0 Å². The predicted molar refractivity (Wildman–Crippen MR) is 111 cm³/mol. The number of methoxy groups -OCH3 is 1. The molecule has 3 aromatic rings. The van der Waals surface area contributed by atoms with Gasteiger partial charge < -0.3 is 14.2 Å². The number of nitrogens with zero attached hydrogens (tertiary/aromatic N) is 2. The monoisotopic (exact) mass is 378 g/mol. The van der Waals surface area contributed by atoms with Gasteiger partial charge in [-0.2, -0.15) is 0 Å². The Labute approximate surface area is 166 Å². The molecule has 3 rings (SSSR count). The van der Waals surface area contributed by atoms with Gasteiger partial charge in [0.25, 0.3) is 0 Å². The van der Waals surface area contributed by atoms with E-state index in [1.165, 1.54) is 0 Å². The van der Waals surface area contributed by atoms with Crippen molar-refractivity contribution in [3.63, 3.8) is 0 Å². The van der Waals surface area contributed by atoms with Crippen LogP contribution in [0, 0.1) is 0 Å². The van der Waals surface area contributed by atoms with Gasteiger partial charge in [0.2, 0.25) is 5.88 Å². The molecule has 0 spiro atoms. The van der Waals surface area contributed by atoms with Crippen LogP contribution in [0.2, 0.25) is 0 Å². The number of allylic oxidation sites excluding steroid dienone is 1. The Morgan fingerprint density at radius 3 is 2.57 bits per heavy atom. The maximum absolute atomic E-state index is 5.87. The number of ether oxygens (including phenoxy) is 3. The number of unbranched alkanes of at least 4 members (excludes halogenated alkanes) is 2. The fraction of sp³-hybridized carbons (Fsp3) is 0.304. The lowest BCUT2D eigenvalue weighted by atomic mass is 10.1. The lowest BCUT2D eigenvalue weighted by Gasteiger charge is -2.12. The summed E-state index contributed by atoms with van der Waals surface area (Å²) in [7, 11) is 1.66. The van der Waals surface area contributed by atoms with Crippen molar-refractivity contribution < 1.29 is 14.2 Å². The summed E-state index contributed by atoms with van der Waals surface area (Å²) >= 11 is 0. The van der Waals surface area contributed by atoms with E-state index in [9.17, 15) is 0 Å². The van der Waals surface area contributed by atoms with Crippen LogP contribution in [0.5, 0.6) is 17.4 Å². The first-order chi connectivity index (χ1) is 13.8. The molecule has 0 N–H and O–H groups in total. The van der Waals surface area contributed by atoms with Gasteiger partial charge in [0.15, 0.2) is 11.5 Å². The van der Waals surface area contributed by atoms with Crippen LogP contribution in [0.15, 0.2) is 61.4 Å². The molecule has 0 aliphatic heterocycles. The lowest BCUT2D eigenvalue weighted by Crippen LogP contribution is -2.03. The smallest absolute Gasteiger partial charge is 0.224 e. The molecule has 0 atom stereocenters. The van der Waals surface area contributed by atoms with Gasteiger partial charge in [0.1, 0.15) is 6.33 Å². The van der Waals surface area contributed by atoms with Crippen molar-refractivity contribution in [3.05, 3.63) is 67.0 Å². The first-order valence-corrected chi connectivity index (χ1v) is 9.55. The van der Waals surface area contributed by atoms with E-state index in [1.54, 1.807) is 13.4 Å². The molecule has 0 aliphatic carbocycles. The minimum atomic E-state index is 0.626. The molecule has 1 aromatic heterocycles. The van der Waals surface area contributed by atoms with Gasteiger partial charge in [0, 0.05) is 0 Å². The summed E-state index contributed by atoms with van der Waals surface area (Å²) in [6.45, 7) is 5.04. The summed E-state index contributed by atoms with van der Waals surface area (Å²) in [6, 6.07) is 13.9. The van der Waals surface area contributed by atoms with Gasteiger partial charge in [-0.05, 0) is 55.5 Å². The third-order valence-corrected chi connectivity index (χ3v) is 4.40. The molecule has 0 aliphatic rings. The number of hydrogen-bond acceptors (Lipinski definition) is 5. The Bertz CT molecular complexity index is 906. The van der Waals surface area contributed by atoms with Crippen molar-refractivity contribution in [3.8, 4) is 17.4 Å². The second-order valence-corrected chi connectivity index (χ2v) is 6.43. The zero-order chi connectivity index (χ0) is 19.6. The van der Waals surface area contributed by atoms with Crippen LogP contribution in [-0.4, -0.2) is 30.3 Å². The van der Waals surface area contributed by atoms with E-state index in [2.05, 4.69) is 16.5 Å².